The van der Waals surface area contributed by atoms with Crippen LogP contribution in [0.2, 0.25) is 0 Å². The highest BCUT2D eigenvalue weighted by molar-refractivity contribution is 6.13. The van der Waals surface area contributed by atoms with Gasteiger partial charge in [-0.3, -0.25) is 4.79 Å². The van der Waals surface area contributed by atoms with Crippen LogP contribution in [0.4, 0.5) is 5.69 Å². The molecular weight excluding hydrogens is 432 g/mol. The average molecular weight is 452 g/mol. The molecule has 5 rings (SSSR count). The number of para-hydroxylation sites is 1. The fourth-order valence-electron chi connectivity index (χ4n) is 3.73. The number of hydrogen-bond donors (Lipinski definition) is 1. The largest absolute Gasteiger partial charge is 0.493 e. The highest BCUT2D eigenvalue weighted by Gasteiger charge is 2.16. The highest BCUT2D eigenvalue weighted by Crippen LogP contribution is 2.33. The first-order chi connectivity index (χ1) is 16.7. The van der Waals surface area contributed by atoms with Crippen LogP contribution >= 0.6 is 0 Å². The molecule has 8 nitrogen and oxygen atoms in total. The van der Waals surface area contributed by atoms with Gasteiger partial charge >= 0.3 is 0 Å². The zero-order valence-electron chi connectivity index (χ0n) is 18.5. The number of fused-ring (bicyclic) bond motifs is 1. The molecule has 8 heteroatoms. The molecule has 5 aromatic rings. The Morgan fingerprint density at radius 3 is 2.53 bits per heavy atom. The Kier molecular flexibility index (Phi) is 5.61. The van der Waals surface area contributed by atoms with Crippen molar-refractivity contribution in [3.8, 4) is 34.2 Å². The van der Waals surface area contributed by atoms with Gasteiger partial charge in [-0.2, -0.15) is 0 Å². The fourth-order valence-corrected chi connectivity index (χ4v) is 3.73. The average Bonchev–Trinajstić information content (AvgIpc) is 3.43. The minimum atomic E-state index is -0.261. The van der Waals surface area contributed by atoms with Gasteiger partial charge in [-0.25, -0.2) is 4.98 Å². The molecule has 3 aromatic carbocycles. The van der Waals surface area contributed by atoms with Gasteiger partial charge in [-0.1, -0.05) is 24.3 Å². The van der Waals surface area contributed by atoms with E-state index < -0.39 is 0 Å². The lowest BCUT2D eigenvalue weighted by molar-refractivity contribution is 0.102. The highest BCUT2D eigenvalue weighted by atomic mass is 16.5. The number of aromatic nitrogens is 3. The third-order valence-corrected chi connectivity index (χ3v) is 5.37. The summed E-state index contributed by atoms with van der Waals surface area (Å²) in [6.45, 7) is 0. The molecule has 0 saturated carbocycles. The predicted octanol–water partition coefficient (Wildman–Crippen LogP) is 5.22. The molecule has 2 heterocycles. The molecule has 0 aliphatic rings. The molecule has 168 valence electrons. The molecular formula is C26H20N4O4. The molecule has 0 atom stereocenters. The van der Waals surface area contributed by atoms with Gasteiger partial charge in [0.05, 0.1) is 31.0 Å². The lowest BCUT2D eigenvalue weighted by Gasteiger charge is -2.13. The number of pyridine rings is 1. The lowest BCUT2D eigenvalue weighted by Crippen LogP contribution is -2.13. The standard InChI is InChI=1S/C26H20N4O4/c1-32-23-11-10-16(13-24(23)33-2)22-14-20(19-8-3-4-9-21(19)29-22)25(31)28-18-7-5-6-17(12-18)26-30-27-15-34-26/h3-15H,1-2H3,(H,28,31). The van der Waals surface area contributed by atoms with Crippen LogP contribution in [0.25, 0.3) is 33.6 Å². The van der Waals surface area contributed by atoms with Gasteiger partial charge in [0.1, 0.15) is 0 Å². The Bertz CT molecular complexity index is 1480. The van der Waals surface area contributed by atoms with Crippen LogP contribution in [-0.2, 0) is 0 Å². The van der Waals surface area contributed by atoms with Crippen molar-refractivity contribution >= 4 is 22.5 Å². The van der Waals surface area contributed by atoms with E-state index in [1.807, 2.05) is 54.6 Å². The minimum absolute atomic E-state index is 0.261. The number of amides is 1. The second-order valence-corrected chi connectivity index (χ2v) is 7.42. The first-order valence-electron chi connectivity index (χ1n) is 10.5. The van der Waals surface area contributed by atoms with E-state index in [1.54, 1.807) is 32.4 Å². The van der Waals surface area contributed by atoms with Crippen molar-refractivity contribution in [2.75, 3.05) is 19.5 Å². The van der Waals surface area contributed by atoms with Crippen LogP contribution < -0.4 is 14.8 Å². The van der Waals surface area contributed by atoms with Gasteiger partial charge in [0.15, 0.2) is 11.5 Å². The molecule has 1 N–H and O–H groups in total. The molecule has 1 amide bonds. The molecule has 34 heavy (non-hydrogen) atoms. The maximum absolute atomic E-state index is 13.4. The van der Waals surface area contributed by atoms with Gasteiger partial charge in [-0.05, 0) is 48.5 Å². The lowest BCUT2D eigenvalue weighted by atomic mass is 10.0. The quantitative estimate of drug-likeness (QED) is 0.377. The van der Waals surface area contributed by atoms with Gasteiger partial charge in [0.25, 0.3) is 5.91 Å². The van der Waals surface area contributed by atoms with E-state index in [4.69, 9.17) is 18.9 Å². The summed E-state index contributed by atoms with van der Waals surface area (Å²) in [6.07, 6.45) is 1.26. The van der Waals surface area contributed by atoms with E-state index in [0.29, 0.717) is 45.4 Å². The Labute approximate surface area is 195 Å². The van der Waals surface area contributed by atoms with Crippen molar-refractivity contribution in [2.24, 2.45) is 0 Å². The van der Waals surface area contributed by atoms with Gasteiger partial charge in [0.2, 0.25) is 12.3 Å². The number of nitrogens with one attached hydrogen (secondary N) is 1. The molecule has 0 aliphatic heterocycles. The van der Waals surface area contributed by atoms with Gasteiger partial charge < -0.3 is 19.2 Å². The number of carbonyl (C=O) groups is 1. The van der Waals surface area contributed by atoms with Crippen LogP contribution in [-0.4, -0.2) is 35.3 Å². The van der Waals surface area contributed by atoms with Crippen molar-refractivity contribution in [1.82, 2.24) is 15.2 Å². The first kappa shape index (κ1) is 21.1. The molecule has 0 aliphatic carbocycles. The molecule has 0 radical (unpaired) electrons. The summed E-state index contributed by atoms with van der Waals surface area (Å²) in [5.41, 5.74) is 3.97. The van der Waals surface area contributed by atoms with Crippen LogP contribution in [0.3, 0.4) is 0 Å². The zero-order chi connectivity index (χ0) is 23.5. The summed E-state index contributed by atoms with van der Waals surface area (Å²) in [4.78, 5) is 18.2. The van der Waals surface area contributed by atoms with Crippen LogP contribution in [0.15, 0.2) is 83.6 Å². The van der Waals surface area contributed by atoms with Crippen molar-refractivity contribution in [3.05, 3.63) is 84.8 Å². The first-order valence-corrected chi connectivity index (χ1v) is 10.5. The summed E-state index contributed by atoms with van der Waals surface area (Å²) < 4.78 is 16.0. The second kappa shape index (κ2) is 9.03. The topological polar surface area (TPSA) is 99.4 Å². The second-order valence-electron chi connectivity index (χ2n) is 7.42. The third kappa shape index (κ3) is 4.04. The Morgan fingerprint density at radius 1 is 0.882 bits per heavy atom. The van der Waals surface area contributed by atoms with Crippen LogP contribution in [0.1, 0.15) is 10.4 Å². The maximum atomic E-state index is 13.4. The Balaban J connectivity index is 1.54. The van der Waals surface area contributed by atoms with E-state index in [1.165, 1.54) is 6.39 Å². The molecule has 0 bridgehead atoms. The van der Waals surface area contributed by atoms with Gasteiger partial charge in [-0.15, -0.1) is 10.2 Å². The monoisotopic (exact) mass is 452 g/mol. The van der Waals surface area contributed by atoms with Crippen LogP contribution in [0, 0.1) is 0 Å². The number of anilines is 1. The molecule has 0 fully saturated rings. The van der Waals surface area contributed by atoms with E-state index >= 15 is 0 Å². The number of ether oxygens (including phenoxy) is 2. The van der Waals surface area contributed by atoms with Crippen LogP contribution in [0.5, 0.6) is 11.5 Å². The normalized spacial score (nSPS) is 10.8. The van der Waals surface area contributed by atoms with Crippen molar-refractivity contribution < 1.29 is 18.7 Å². The number of hydrogen-bond acceptors (Lipinski definition) is 7. The smallest absolute Gasteiger partial charge is 0.256 e. The number of benzene rings is 3. The summed E-state index contributed by atoms with van der Waals surface area (Å²) in [6, 6.07) is 22.1. The van der Waals surface area contributed by atoms with E-state index in [-0.39, 0.29) is 5.91 Å². The Morgan fingerprint density at radius 2 is 1.74 bits per heavy atom. The third-order valence-electron chi connectivity index (χ3n) is 5.37. The Hall–Kier alpha value is -4.72. The summed E-state index contributed by atoms with van der Waals surface area (Å²) in [5.74, 6) is 1.31. The van der Waals surface area contributed by atoms with E-state index in [0.717, 1.165) is 10.9 Å². The molecule has 2 aromatic heterocycles. The SMILES string of the molecule is COc1ccc(-c2cc(C(=O)Nc3cccc(-c4nnco4)c3)c3ccccc3n2)cc1OC. The minimum Gasteiger partial charge on any atom is -0.493 e. The summed E-state index contributed by atoms with van der Waals surface area (Å²) >= 11 is 0. The zero-order valence-corrected chi connectivity index (χ0v) is 18.5. The van der Waals surface area contributed by atoms with Gasteiger partial charge in [0, 0.05) is 22.2 Å². The maximum Gasteiger partial charge on any atom is 0.256 e. The van der Waals surface area contributed by atoms with E-state index in [2.05, 4.69) is 15.5 Å². The fraction of sp³-hybridized carbons (Fsp3) is 0.0769. The van der Waals surface area contributed by atoms with E-state index in [9.17, 15) is 4.79 Å². The molecule has 0 spiro atoms. The number of methoxy groups -OCH3 is 2. The van der Waals surface area contributed by atoms with Crippen molar-refractivity contribution in [2.45, 2.75) is 0 Å². The predicted molar refractivity (Wildman–Crippen MR) is 128 cm³/mol. The molecule has 0 unspecified atom stereocenters. The number of nitrogens with zero attached hydrogens (tertiary/aromatic N) is 3. The molecule has 0 saturated heterocycles. The number of carbonyl (C=O) groups excluding carboxylic acids is 1. The number of rotatable bonds is 6. The van der Waals surface area contributed by atoms with Crippen molar-refractivity contribution in [3.63, 3.8) is 0 Å². The summed E-state index contributed by atoms with van der Waals surface area (Å²) in [5, 5.41) is 11.3. The van der Waals surface area contributed by atoms with Crippen molar-refractivity contribution in [1.29, 1.82) is 0 Å². The summed E-state index contributed by atoms with van der Waals surface area (Å²) in [7, 11) is 3.17.